The second kappa shape index (κ2) is 3.52. The van der Waals surface area contributed by atoms with E-state index in [1.807, 2.05) is 19.1 Å². The molecular formula is C12H16O2. The van der Waals surface area contributed by atoms with Crippen LogP contribution in [0.25, 0.3) is 0 Å². The third-order valence-electron chi connectivity index (χ3n) is 2.58. The molecule has 1 aromatic rings. The fourth-order valence-corrected chi connectivity index (χ4v) is 1.46. The number of hydrogen-bond acceptors (Lipinski definition) is 2. The number of benzene rings is 1. The summed E-state index contributed by atoms with van der Waals surface area (Å²) in [4.78, 5) is 0. The van der Waals surface area contributed by atoms with Gasteiger partial charge in [-0.15, -0.1) is 0 Å². The molecule has 1 aliphatic rings. The molecule has 0 unspecified atom stereocenters. The van der Waals surface area contributed by atoms with Gasteiger partial charge in [0.15, 0.2) is 0 Å². The summed E-state index contributed by atoms with van der Waals surface area (Å²) < 4.78 is 5.77. The molecule has 0 aromatic heterocycles. The van der Waals surface area contributed by atoms with Crippen molar-refractivity contribution >= 4 is 0 Å². The molecule has 1 aromatic carbocycles. The van der Waals surface area contributed by atoms with E-state index in [9.17, 15) is 5.11 Å². The molecule has 1 N–H and O–H groups in total. The molecule has 0 saturated heterocycles. The molecule has 1 aliphatic carbocycles. The molecule has 0 aliphatic heterocycles. The van der Waals surface area contributed by atoms with Crippen LogP contribution in [0.15, 0.2) is 12.1 Å². The van der Waals surface area contributed by atoms with Gasteiger partial charge in [-0.2, -0.15) is 0 Å². The minimum atomic E-state index is 0.366. The van der Waals surface area contributed by atoms with Crippen LogP contribution >= 0.6 is 0 Å². The highest BCUT2D eigenvalue weighted by atomic mass is 16.5. The first-order valence-corrected chi connectivity index (χ1v) is 5.20. The average Bonchev–Trinajstić information content (AvgIpc) is 2.95. The van der Waals surface area contributed by atoms with Gasteiger partial charge in [0.2, 0.25) is 0 Å². The minimum Gasteiger partial charge on any atom is -0.508 e. The normalized spacial score (nSPS) is 15.6. The van der Waals surface area contributed by atoms with Crippen LogP contribution in [0.3, 0.4) is 0 Å². The molecule has 2 nitrogen and oxygen atoms in total. The molecule has 2 rings (SSSR count). The topological polar surface area (TPSA) is 29.5 Å². The number of aryl methyl sites for hydroxylation is 2. The maximum absolute atomic E-state index is 9.55. The van der Waals surface area contributed by atoms with Crippen LogP contribution in [0.1, 0.15) is 30.9 Å². The van der Waals surface area contributed by atoms with Gasteiger partial charge >= 0.3 is 0 Å². The SMILES string of the molecule is CCc1cc(O)c(C)cc1OC1CC1. The third-order valence-corrected chi connectivity index (χ3v) is 2.58. The maximum Gasteiger partial charge on any atom is 0.123 e. The molecule has 2 heteroatoms. The molecule has 0 radical (unpaired) electrons. The Morgan fingerprint density at radius 3 is 2.71 bits per heavy atom. The average molecular weight is 192 g/mol. The zero-order valence-corrected chi connectivity index (χ0v) is 8.71. The number of phenols is 1. The summed E-state index contributed by atoms with van der Waals surface area (Å²) >= 11 is 0. The predicted molar refractivity (Wildman–Crippen MR) is 55.9 cm³/mol. The molecule has 0 amide bonds. The Balaban J connectivity index is 2.29. The van der Waals surface area contributed by atoms with Crippen molar-refractivity contribution in [2.24, 2.45) is 0 Å². The Bertz CT molecular complexity index is 340. The lowest BCUT2D eigenvalue weighted by Gasteiger charge is -2.11. The number of rotatable bonds is 3. The lowest BCUT2D eigenvalue weighted by atomic mass is 10.1. The molecule has 0 atom stereocenters. The Labute approximate surface area is 84.5 Å². The summed E-state index contributed by atoms with van der Waals surface area (Å²) in [6.45, 7) is 3.97. The van der Waals surface area contributed by atoms with Crippen molar-refractivity contribution in [3.8, 4) is 11.5 Å². The number of hydrogen-bond donors (Lipinski definition) is 1. The van der Waals surface area contributed by atoms with Gasteiger partial charge in [-0.25, -0.2) is 0 Å². The quantitative estimate of drug-likeness (QED) is 0.798. The third kappa shape index (κ3) is 1.84. The van der Waals surface area contributed by atoms with E-state index in [1.54, 1.807) is 0 Å². The van der Waals surface area contributed by atoms with Gasteiger partial charge in [0.25, 0.3) is 0 Å². The Morgan fingerprint density at radius 1 is 1.43 bits per heavy atom. The highest BCUT2D eigenvalue weighted by Gasteiger charge is 2.24. The van der Waals surface area contributed by atoms with Crippen molar-refractivity contribution in [2.75, 3.05) is 0 Å². The van der Waals surface area contributed by atoms with Gasteiger partial charge in [-0.05, 0) is 49.4 Å². The van der Waals surface area contributed by atoms with Crippen LogP contribution in [0.2, 0.25) is 0 Å². The van der Waals surface area contributed by atoms with Gasteiger partial charge in [0, 0.05) is 0 Å². The standard InChI is InChI=1S/C12H16O2/c1-3-9-7-11(13)8(2)6-12(9)14-10-4-5-10/h6-7,10,13H,3-5H2,1-2H3. The number of phenolic OH excluding ortho intramolecular Hbond substituents is 1. The van der Waals surface area contributed by atoms with Crippen LogP contribution in [-0.4, -0.2) is 11.2 Å². The number of ether oxygens (including phenoxy) is 1. The van der Waals surface area contributed by atoms with Crippen LogP contribution in [0.4, 0.5) is 0 Å². The lowest BCUT2D eigenvalue weighted by molar-refractivity contribution is 0.299. The highest BCUT2D eigenvalue weighted by Crippen LogP contribution is 2.33. The summed E-state index contributed by atoms with van der Waals surface area (Å²) in [6, 6.07) is 3.75. The van der Waals surface area contributed by atoms with E-state index in [4.69, 9.17) is 4.74 Å². The van der Waals surface area contributed by atoms with Gasteiger partial charge < -0.3 is 9.84 Å². The molecule has 1 fully saturated rings. The molecule has 14 heavy (non-hydrogen) atoms. The highest BCUT2D eigenvalue weighted by molar-refractivity contribution is 5.45. The Kier molecular flexibility index (Phi) is 2.36. The second-order valence-corrected chi connectivity index (χ2v) is 3.92. The molecule has 1 saturated carbocycles. The van der Waals surface area contributed by atoms with Crippen molar-refractivity contribution in [3.63, 3.8) is 0 Å². The van der Waals surface area contributed by atoms with E-state index in [-0.39, 0.29) is 0 Å². The monoisotopic (exact) mass is 192 g/mol. The van der Waals surface area contributed by atoms with Crippen molar-refractivity contribution in [3.05, 3.63) is 23.3 Å². The van der Waals surface area contributed by atoms with Gasteiger partial charge in [0.1, 0.15) is 11.5 Å². The van der Waals surface area contributed by atoms with Crippen molar-refractivity contribution in [1.82, 2.24) is 0 Å². The first kappa shape index (κ1) is 9.38. The lowest BCUT2D eigenvalue weighted by Crippen LogP contribution is -1.99. The summed E-state index contributed by atoms with van der Waals surface area (Å²) in [5.74, 6) is 1.32. The molecular weight excluding hydrogens is 176 g/mol. The van der Waals surface area contributed by atoms with Crippen molar-refractivity contribution in [1.29, 1.82) is 0 Å². The fraction of sp³-hybridized carbons (Fsp3) is 0.500. The van der Waals surface area contributed by atoms with Gasteiger partial charge in [0.05, 0.1) is 6.10 Å². The smallest absolute Gasteiger partial charge is 0.123 e. The summed E-state index contributed by atoms with van der Waals surface area (Å²) in [7, 11) is 0. The molecule has 0 heterocycles. The summed E-state index contributed by atoms with van der Waals surface area (Å²) in [5.41, 5.74) is 1.98. The van der Waals surface area contributed by atoms with Gasteiger partial charge in [-0.1, -0.05) is 6.92 Å². The largest absolute Gasteiger partial charge is 0.508 e. The van der Waals surface area contributed by atoms with E-state index >= 15 is 0 Å². The molecule has 0 spiro atoms. The Morgan fingerprint density at radius 2 is 2.14 bits per heavy atom. The zero-order chi connectivity index (χ0) is 10.1. The molecule has 0 bridgehead atoms. The number of aromatic hydroxyl groups is 1. The van der Waals surface area contributed by atoms with E-state index in [2.05, 4.69) is 6.92 Å². The van der Waals surface area contributed by atoms with E-state index in [0.29, 0.717) is 11.9 Å². The van der Waals surface area contributed by atoms with E-state index < -0.39 is 0 Å². The van der Waals surface area contributed by atoms with Crippen LogP contribution in [-0.2, 0) is 6.42 Å². The first-order chi connectivity index (χ1) is 6.70. The van der Waals surface area contributed by atoms with Crippen LogP contribution < -0.4 is 4.74 Å². The van der Waals surface area contributed by atoms with Crippen LogP contribution in [0, 0.1) is 6.92 Å². The second-order valence-electron chi connectivity index (χ2n) is 3.92. The van der Waals surface area contributed by atoms with Gasteiger partial charge in [-0.3, -0.25) is 0 Å². The summed E-state index contributed by atoms with van der Waals surface area (Å²) in [5, 5.41) is 9.55. The fourth-order valence-electron chi connectivity index (χ4n) is 1.46. The minimum absolute atomic E-state index is 0.366. The van der Waals surface area contributed by atoms with Crippen LogP contribution in [0.5, 0.6) is 11.5 Å². The first-order valence-electron chi connectivity index (χ1n) is 5.20. The maximum atomic E-state index is 9.55. The zero-order valence-electron chi connectivity index (χ0n) is 8.71. The van der Waals surface area contributed by atoms with E-state index in [1.165, 1.54) is 12.8 Å². The summed E-state index contributed by atoms with van der Waals surface area (Å²) in [6.07, 6.45) is 3.66. The van der Waals surface area contributed by atoms with Crippen molar-refractivity contribution in [2.45, 2.75) is 39.2 Å². The Hall–Kier alpha value is -1.18. The molecule has 76 valence electrons. The predicted octanol–water partition coefficient (Wildman–Crippen LogP) is 2.80. The van der Waals surface area contributed by atoms with E-state index in [0.717, 1.165) is 23.3 Å². The van der Waals surface area contributed by atoms with Crippen molar-refractivity contribution < 1.29 is 9.84 Å².